The van der Waals surface area contributed by atoms with Crippen molar-refractivity contribution in [1.82, 2.24) is 4.90 Å². The molecule has 0 fully saturated rings. The molecule has 122 valence electrons. The standard InChI is InChI=1S/C19H17NO4/c1-12(2)16(19(23)24-13-8-4-3-5-9-13)20-17(21)14-10-6-7-11-15(14)18(20)22/h3-12,16H,1-2H3/t16-/m1/s1. The van der Waals surface area contributed by atoms with Crippen LogP contribution in [-0.4, -0.2) is 28.7 Å². The van der Waals surface area contributed by atoms with E-state index in [9.17, 15) is 14.4 Å². The number of hydrogen-bond acceptors (Lipinski definition) is 4. The zero-order chi connectivity index (χ0) is 17.3. The van der Waals surface area contributed by atoms with Gasteiger partial charge in [0.1, 0.15) is 11.8 Å². The quantitative estimate of drug-likeness (QED) is 0.493. The van der Waals surface area contributed by atoms with Crippen molar-refractivity contribution in [3.63, 3.8) is 0 Å². The summed E-state index contributed by atoms with van der Waals surface area (Å²) in [7, 11) is 0. The molecule has 1 atom stereocenters. The van der Waals surface area contributed by atoms with Crippen LogP contribution in [0.4, 0.5) is 0 Å². The van der Waals surface area contributed by atoms with Gasteiger partial charge in [-0.05, 0) is 30.2 Å². The number of ether oxygens (including phenoxy) is 1. The molecule has 2 aromatic carbocycles. The van der Waals surface area contributed by atoms with Crippen LogP contribution in [0.15, 0.2) is 54.6 Å². The van der Waals surface area contributed by atoms with Crippen LogP contribution in [0.5, 0.6) is 5.75 Å². The van der Waals surface area contributed by atoms with Gasteiger partial charge in [-0.1, -0.05) is 44.2 Å². The Bertz CT molecular complexity index is 763. The maximum Gasteiger partial charge on any atom is 0.335 e. The van der Waals surface area contributed by atoms with E-state index in [1.165, 1.54) is 0 Å². The molecule has 24 heavy (non-hydrogen) atoms. The lowest BCUT2D eigenvalue weighted by molar-refractivity contribution is -0.140. The fraction of sp³-hybridized carbons (Fsp3) is 0.211. The molecular weight excluding hydrogens is 306 g/mol. The molecule has 0 spiro atoms. The predicted octanol–water partition coefficient (Wildman–Crippen LogP) is 2.91. The average molecular weight is 323 g/mol. The molecular formula is C19H17NO4. The molecule has 0 unspecified atom stereocenters. The van der Waals surface area contributed by atoms with Crippen LogP contribution in [0.2, 0.25) is 0 Å². The molecule has 0 aromatic heterocycles. The molecule has 2 aromatic rings. The summed E-state index contributed by atoms with van der Waals surface area (Å²) in [4.78, 5) is 38.8. The van der Waals surface area contributed by atoms with Gasteiger partial charge >= 0.3 is 5.97 Å². The highest BCUT2D eigenvalue weighted by atomic mass is 16.5. The summed E-state index contributed by atoms with van der Waals surface area (Å²) in [6.45, 7) is 3.56. The van der Waals surface area contributed by atoms with Crippen molar-refractivity contribution in [3.8, 4) is 5.75 Å². The number of imide groups is 1. The molecule has 5 heteroatoms. The van der Waals surface area contributed by atoms with E-state index in [0.29, 0.717) is 16.9 Å². The Morgan fingerprint density at radius 3 is 1.88 bits per heavy atom. The monoisotopic (exact) mass is 323 g/mol. The van der Waals surface area contributed by atoms with E-state index in [4.69, 9.17) is 4.74 Å². The van der Waals surface area contributed by atoms with E-state index in [1.807, 2.05) is 0 Å². The van der Waals surface area contributed by atoms with Crippen LogP contribution in [0.1, 0.15) is 34.6 Å². The second kappa shape index (κ2) is 6.28. The van der Waals surface area contributed by atoms with E-state index in [2.05, 4.69) is 0 Å². The number of esters is 1. The Labute approximate surface area is 139 Å². The van der Waals surface area contributed by atoms with Crippen LogP contribution < -0.4 is 4.74 Å². The van der Waals surface area contributed by atoms with Gasteiger partial charge in [0.2, 0.25) is 0 Å². The maximum absolute atomic E-state index is 12.6. The van der Waals surface area contributed by atoms with Crippen molar-refractivity contribution >= 4 is 17.8 Å². The average Bonchev–Trinajstić information content (AvgIpc) is 2.81. The van der Waals surface area contributed by atoms with E-state index >= 15 is 0 Å². The highest BCUT2D eigenvalue weighted by Gasteiger charge is 2.44. The Morgan fingerprint density at radius 2 is 1.38 bits per heavy atom. The van der Waals surface area contributed by atoms with Gasteiger partial charge in [0.25, 0.3) is 11.8 Å². The first kappa shape index (κ1) is 15.9. The summed E-state index contributed by atoms with van der Waals surface area (Å²) in [6, 6.07) is 14.2. The fourth-order valence-corrected chi connectivity index (χ4v) is 2.80. The van der Waals surface area contributed by atoms with Crippen molar-refractivity contribution in [2.45, 2.75) is 19.9 Å². The smallest absolute Gasteiger partial charge is 0.335 e. The van der Waals surface area contributed by atoms with Crippen LogP contribution in [0, 0.1) is 5.92 Å². The third-order valence-corrected chi connectivity index (χ3v) is 3.94. The summed E-state index contributed by atoms with van der Waals surface area (Å²) in [5, 5.41) is 0. The van der Waals surface area contributed by atoms with Crippen molar-refractivity contribution in [3.05, 3.63) is 65.7 Å². The normalized spacial score (nSPS) is 14.7. The highest BCUT2D eigenvalue weighted by Crippen LogP contribution is 2.28. The molecule has 2 amide bonds. The summed E-state index contributed by atoms with van der Waals surface area (Å²) < 4.78 is 5.36. The van der Waals surface area contributed by atoms with Crippen molar-refractivity contribution in [2.24, 2.45) is 5.92 Å². The van der Waals surface area contributed by atoms with Crippen molar-refractivity contribution in [1.29, 1.82) is 0 Å². The summed E-state index contributed by atoms with van der Waals surface area (Å²) in [6.07, 6.45) is 0. The van der Waals surface area contributed by atoms with Gasteiger partial charge in [-0.25, -0.2) is 4.79 Å². The SMILES string of the molecule is CC(C)[C@H](C(=O)Oc1ccccc1)N1C(=O)c2ccccc2C1=O. The fourth-order valence-electron chi connectivity index (χ4n) is 2.80. The topological polar surface area (TPSA) is 63.7 Å². The first-order valence-electron chi connectivity index (χ1n) is 7.74. The lowest BCUT2D eigenvalue weighted by atomic mass is 10.0. The lowest BCUT2D eigenvalue weighted by Crippen LogP contribution is -2.49. The predicted molar refractivity (Wildman–Crippen MR) is 87.6 cm³/mol. The Kier molecular flexibility index (Phi) is 4.16. The highest BCUT2D eigenvalue weighted by molar-refractivity contribution is 6.22. The number of amides is 2. The lowest BCUT2D eigenvalue weighted by Gasteiger charge is -2.27. The first-order valence-corrected chi connectivity index (χ1v) is 7.74. The minimum atomic E-state index is -0.974. The third-order valence-electron chi connectivity index (χ3n) is 3.94. The molecule has 1 heterocycles. The number of carbonyl (C=O) groups excluding carboxylic acids is 3. The summed E-state index contributed by atoms with van der Waals surface area (Å²) in [5.74, 6) is -1.43. The van der Waals surface area contributed by atoms with Crippen LogP contribution in [-0.2, 0) is 4.79 Å². The zero-order valence-electron chi connectivity index (χ0n) is 13.4. The summed E-state index contributed by atoms with van der Waals surface area (Å²) in [5.41, 5.74) is 0.640. The van der Waals surface area contributed by atoms with Gasteiger partial charge in [0.05, 0.1) is 11.1 Å². The number of rotatable bonds is 4. The molecule has 0 radical (unpaired) electrons. The van der Waals surface area contributed by atoms with Gasteiger partial charge in [-0.3, -0.25) is 14.5 Å². The first-order chi connectivity index (χ1) is 11.5. The van der Waals surface area contributed by atoms with E-state index in [1.54, 1.807) is 68.4 Å². The second-order valence-corrected chi connectivity index (χ2v) is 5.95. The largest absolute Gasteiger partial charge is 0.425 e. The van der Waals surface area contributed by atoms with Crippen LogP contribution in [0.3, 0.4) is 0 Å². The molecule has 5 nitrogen and oxygen atoms in total. The Hall–Kier alpha value is -2.95. The number of nitrogens with zero attached hydrogens (tertiary/aromatic N) is 1. The molecule has 1 aliphatic heterocycles. The van der Waals surface area contributed by atoms with Crippen LogP contribution >= 0.6 is 0 Å². The van der Waals surface area contributed by atoms with Crippen molar-refractivity contribution < 1.29 is 19.1 Å². The number of benzene rings is 2. The van der Waals surface area contributed by atoms with E-state index in [0.717, 1.165) is 4.90 Å². The zero-order valence-corrected chi connectivity index (χ0v) is 13.4. The number of carbonyl (C=O) groups is 3. The van der Waals surface area contributed by atoms with E-state index in [-0.39, 0.29) is 5.92 Å². The minimum Gasteiger partial charge on any atom is -0.425 e. The molecule has 1 aliphatic rings. The molecule has 0 aliphatic carbocycles. The maximum atomic E-state index is 12.6. The molecule has 0 saturated heterocycles. The minimum absolute atomic E-state index is 0.275. The number of para-hydroxylation sites is 1. The third kappa shape index (κ3) is 2.69. The Balaban J connectivity index is 1.91. The van der Waals surface area contributed by atoms with Gasteiger partial charge in [-0.15, -0.1) is 0 Å². The molecule has 0 bridgehead atoms. The second-order valence-electron chi connectivity index (χ2n) is 5.95. The van der Waals surface area contributed by atoms with Gasteiger partial charge < -0.3 is 4.74 Å². The molecule has 0 saturated carbocycles. The van der Waals surface area contributed by atoms with Gasteiger partial charge in [-0.2, -0.15) is 0 Å². The van der Waals surface area contributed by atoms with Crippen molar-refractivity contribution in [2.75, 3.05) is 0 Å². The van der Waals surface area contributed by atoms with Crippen LogP contribution in [0.25, 0.3) is 0 Å². The van der Waals surface area contributed by atoms with Gasteiger partial charge in [0, 0.05) is 0 Å². The molecule has 0 N–H and O–H groups in total. The Morgan fingerprint density at radius 1 is 0.875 bits per heavy atom. The number of hydrogen-bond donors (Lipinski definition) is 0. The number of fused-ring (bicyclic) bond motifs is 1. The summed E-state index contributed by atoms with van der Waals surface area (Å²) >= 11 is 0. The molecule has 3 rings (SSSR count). The van der Waals surface area contributed by atoms with Gasteiger partial charge in [0.15, 0.2) is 0 Å². The van der Waals surface area contributed by atoms with E-state index < -0.39 is 23.8 Å².